The standard InChI is InChI=1S/C15H20FN5O/c1-3-21-15(19-10-20-21)11(2)17-9-14(22)18-8-12-6-4-5-7-13(12)16/h4-7,10-11,17H,3,8-9H2,1-2H3,(H,18,22)/t11-/m0/s1. The fourth-order valence-corrected chi connectivity index (χ4v) is 2.09. The van der Waals surface area contributed by atoms with E-state index in [0.29, 0.717) is 5.56 Å². The zero-order valence-electron chi connectivity index (χ0n) is 12.7. The van der Waals surface area contributed by atoms with Crippen LogP contribution >= 0.6 is 0 Å². The first kappa shape index (κ1) is 16.1. The lowest BCUT2D eigenvalue weighted by atomic mass is 10.2. The Balaban J connectivity index is 1.79. The third-order valence-corrected chi connectivity index (χ3v) is 3.33. The zero-order valence-corrected chi connectivity index (χ0v) is 12.7. The summed E-state index contributed by atoms with van der Waals surface area (Å²) in [6, 6.07) is 6.28. The summed E-state index contributed by atoms with van der Waals surface area (Å²) in [5, 5.41) is 9.86. The predicted molar refractivity (Wildman–Crippen MR) is 80.4 cm³/mol. The van der Waals surface area contributed by atoms with Crippen LogP contribution in [-0.2, 0) is 17.9 Å². The first-order valence-corrected chi connectivity index (χ1v) is 7.23. The van der Waals surface area contributed by atoms with Crippen molar-refractivity contribution in [1.29, 1.82) is 0 Å². The number of nitrogens with one attached hydrogen (secondary N) is 2. The fraction of sp³-hybridized carbons (Fsp3) is 0.400. The predicted octanol–water partition coefficient (Wildman–Crippen LogP) is 1.40. The van der Waals surface area contributed by atoms with Crippen LogP contribution in [0.25, 0.3) is 0 Å². The maximum atomic E-state index is 13.4. The molecule has 22 heavy (non-hydrogen) atoms. The van der Waals surface area contributed by atoms with Gasteiger partial charge in [-0.1, -0.05) is 18.2 Å². The molecule has 0 unspecified atom stereocenters. The Bertz CT molecular complexity index is 628. The van der Waals surface area contributed by atoms with Crippen molar-refractivity contribution in [2.24, 2.45) is 0 Å². The molecule has 1 amide bonds. The van der Waals surface area contributed by atoms with Crippen LogP contribution in [0.1, 0.15) is 31.3 Å². The highest BCUT2D eigenvalue weighted by Crippen LogP contribution is 2.08. The Morgan fingerprint density at radius 2 is 2.18 bits per heavy atom. The number of rotatable bonds is 7. The molecule has 118 valence electrons. The highest BCUT2D eigenvalue weighted by Gasteiger charge is 2.13. The number of carbonyl (C=O) groups is 1. The molecule has 0 fully saturated rings. The van der Waals surface area contributed by atoms with Crippen molar-refractivity contribution in [1.82, 2.24) is 25.4 Å². The molecule has 2 N–H and O–H groups in total. The van der Waals surface area contributed by atoms with Crippen molar-refractivity contribution < 1.29 is 9.18 Å². The molecule has 0 aliphatic heterocycles. The molecule has 0 spiro atoms. The molecule has 2 rings (SSSR count). The second-order valence-corrected chi connectivity index (χ2v) is 4.90. The monoisotopic (exact) mass is 305 g/mol. The van der Waals surface area contributed by atoms with E-state index in [9.17, 15) is 9.18 Å². The average molecular weight is 305 g/mol. The summed E-state index contributed by atoms with van der Waals surface area (Å²) in [5.74, 6) is 0.266. The van der Waals surface area contributed by atoms with Gasteiger partial charge in [-0.05, 0) is 19.9 Å². The molecule has 6 nitrogen and oxygen atoms in total. The lowest BCUT2D eigenvalue weighted by Crippen LogP contribution is -2.35. The van der Waals surface area contributed by atoms with E-state index in [1.807, 2.05) is 13.8 Å². The lowest BCUT2D eigenvalue weighted by Gasteiger charge is -2.14. The van der Waals surface area contributed by atoms with E-state index in [4.69, 9.17) is 0 Å². The van der Waals surface area contributed by atoms with Gasteiger partial charge in [0.05, 0.1) is 12.6 Å². The molecule has 1 heterocycles. The van der Waals surface area contributed by atoms with Gasteiger partial charge >= 0.3 is 0 Å². The van der Waals surface area contributed by atoms with Crippen molar-refractivity contribution in [2.75, 3.05) is 6.54 Å². The van der Waals surface area contributed by atoms with E-state index in [1.165, 1.54) is 12.4 Å². The largest absolute Gasteiger partial charge is 0.351 e. The topological polar surface area (TPSA) is 71.8 Å². The molecule has 0 bridgehead atoms. The molecule has 0 saturated carbocycles. The molecule has 2 aromatic rings. The molecule has 7 heteroatoms. The number of halogens is 1. The number of hydrogen-bond donors (Lipinski definition) is 2. The van der Waals surface area contributed by atoms with Gasteiger partial charge in [-0.2, -0.15) is 5.10 Å². The second-order valence-electron chi connectivity index (χ2n) is 4.90. The molecule has 0 aliphatic rings. The van der Waals surface area contributed by atoms with Gasteiger partial charge in [0.15, 0.2) is 0 Å². The fourth-order valence-electron chi connectivity index (χ4n) is 2.09. The van der Waals surface area contributed by atoms with Gasteiger partial charge in [-0.15, -0.1) is 0 Å². The number of aromatic nitrogens is 3. The Kier molecular flexibility index (Phi) is 5.60. The van der Waals surface area contributed by atoms with Crippen LogP contribution in [0, 0.1) is 5.82 Å². The summed E-state index contributed by atoms with van der Waals surface area (Å²) in [6.07, 6.45) is 1.50. The van der Waals surface area contributed by atoms with Gasteiger partial charge in [0, 0.05) is 18.7 Å². The van der Waals surface area contributed by atoms with Crippen LogP contribution in [-0.4, -0.2) is 27.2 Å². The van der Waals surface area contributed by atoms with Crippen molar-refractivity contribution >= 4 is 5.91 Å². The summed E-state index contributed by atoms with van der Waals surface area (Å²) >= 11 is 0. The Labute approximate surface area is 128 Å². The summed E-state index contributed by atoms with van der Waals surface area (Å²) in [4.78, 5) is 16.0. The average Bonchev–Trinajstić information content (AvgIpc) is 3.00. The van der Waals surface area contributed by atoms with E-state index < -0.39 is 0 Å². The summed E-state index contributed by atoms with van der Waals surface area (Å²) in [5.41, 5.74) is 0.467. The van der Waals surface area contributed by atoms with Crippen LogP contribution in [0.3, 0.4) is 0 Å². The molecular weight excluding hydrogens is 285 g/mol. The van der Waals surface area contributed by atoms with Gasteiger partial charge in [0.25, 0.3) is 0 Å². The summed E-state index contributed by atoms with van der Waals surface area (Å²) in [6.45, 7) is 4.92. The van der Waals surface area contributed by atoms with Gasteiger partial charge in [-0.3, -0.25) is 10.1 Å². The molecule has 1 atom stereocenters. The summed E-state index contributed by atoms with van der Waals surface area (Å²) < 4.78 is 15.2. The van der Waals surface area contributed by atoms with E-state index in [-0.39, 0.29) is 30.9 Å². The Morgan fingerprint density at radius 3 is 2.91 bits per heavy atom. The Hall–Kier alpha value is -2.28. The molecule has 0 aliphatic carbocycles. The number of carbonyl (C=O) groups excluding carboxylic acids is 1. The lowest BCUT2D eigenvalue weighted by molar-refractivity contribution is -0.120. The van der Waals surface area contributed by atoms with Crippen molar-refractivity contribution in [3.8, 4) is 0 Å². The normalized spacial score (nSPS) is 12.1. The third-order valence-electron chi connectivity index (χ3n) is 3.33. The van der Waals surface area contributed by atoms with Crippen LogP contribution in [0.15, 0.2) is 30.6 Å². The second kappa shape index (κ2) is 7.65. The number of hydrogen-bond acceptors (Lipinski definition) is 4. The maximum absolute atomic E-state index is 13.4. The van der Waals surface area contributed by atoms with Crippen LogP contribution in [0.2, 0.25) is 0 Å². The van der Waals surface area contributed by atoms with Crippen molar-refractivity contribution in [3.05, 3.63) is 47.8 Å². The van der Waals surface area contributed by atoms with Crippen molar-refractivity contribution in [2.45, 2.75) is 33.0 Å². The maximum Gasteiger partial charge on any atom is 0.234 e. The molecule has 1 aromatic heterocycles. The first-order chi connectivity index (χ1) is 10.6. The molecule has 1 aromatic carbocycles. The van der Waals surface area contributed by atoms with E-state index in [0.717, 1.165) is 12.4 Å². The van der Waals surface area contributed by atoms with Gasteiger partial charge in [-0.25, -0.2) is 14.1 Å². The zero-order chi connectivity index (χ0) is 15.9. The minimum atomic E-state index is -0.319. The first-order valence-electron chi connectivity index (χ1n) is 7.23. The highest BCUT2D eigenvalue weighted by molar-refractivity contribution is 5.78. The number of benzene rings is 1. The Morgan fingerprint density at radius 1 is 1.41 bits per heavy atom. The van der Waals surface area contributed by atoms with Crippen LogP contribution in [0.4, 0.5) is 4.39 Å². The smallest absolute Gasteiger partial charge is 0.234 e. The summed E-state index contributed by atoms with van der Waals surface area (Å²) in [7, 11) is 0. The van der Waals surface area contributed by atoms with Gasteiger partial charge in [0.2, 0.25) is 5.91 Å². The minimum absolute atomic E-state index is 0.0957. The minimum Gasteiger partial charge on any atom is -0.351 e. The third kappa shape index (κ3) is 4.11. The quantitative estimate of drug-likeness (QED) is 0.811. The number of nitrogens with zero attached hydrogens (tertiary/aromatic N) is 3. The number of amides is 1. The molecule has 0 radical (unpaired) electrons. The number of aryl methyl sites for hydroxylation is 1. The molecular formula is C15H20FN5O. The van der Waals surface area contributed by atoms with Gasteiger partial charge < -0.3 is 5.32 Å². The van der Waals surface area contributed by atoms with E-state index >= 15 is 0 Å². The van der Waals surface area contributed by atoms with E-state index in [1.54, 1.807) is 22.9 Å². The van der Waals surface area contributed by atoms with Gasteiger partial charge in [0.1, 0.15) is 18.0 Å². The van der Waals surface area contributed by atoms with Crippen molar-refractivity contribution in [3.63, 3.8) is 0 Å². The highest BCUT2D eigenvalue weighted by atomic mass is 19.1. The van der Waals surface area contributed by atoms with E-state index in [2.05, 4.69) is 20.7 Å². The van der Waals surface area contributed by atoms with Crippen LogP contribution < -0.4 is 10.6 Å². The SMILES string of the molecule is CCn1ncnc1[C@H](C)NCC(=O)NCc1ccccc1F. The molecule has 0 saturated heterocycles. The van der Waals surface area contributed by atoms with Crippen LogP contribution in [0.5, 0.6) is 0 Å².